The number of aliphatic hydroxyl groups is 1. The second-order valence-electron chi connectivity index (χ2n) is 3.60. The van der Waals surface area contributed by atoms with Gasteiger partial charge >= 0.3 is 6.18 Å². The van der Waals surface area contributed by atoms with Crippen LogP contribution in [0.4, 0.5) is 13.2 Å². The van der Waals surface area contributed by atoms with Gasteiger partial charge in [-0.2, -0.15) is 13.2 Å². The van der Waals surface area contributed by atoms with Gasteiger partial charge in [-0.05, 0) is 12.5 Å². The van der Waals surface area contributed by atoms with E-state index in [0.717, 1.165) is 5.56 Å². The van der Waals surface area contributed by atoms with Gasteiger partial charge in [-0.25, -0.2) is 0 Å². The molecule has 0 heterocycles. The van der Waals surface area contributed by atoms with Crippen LogP contribution in [-0.2, 0) is 0 Å². The van der Waals surface area contributed by atoms with Crippen molar-refractivity contribution in [3.63, 3.8) is 0 Å². The summed E-state index contributed by atoms with van der Waals surface area (Å²) in [7, 11) is 0. The number of aliphatic hydroxyl groups excluding tert-OH is 1. The van der Waals surface area contributed by atoms with Gasteiger partial charge in [0.05, 0.1) is 0 Å². The molecule has 0 spiro atoms. The first-order valence-corrected chi connectivity index (χ1v) is 4.94. The third kappa shape index (κ3) is 3.83. The van der Waals surface area contributed by atoms with Gasteiger partial charge in [0.25, 0.3) is 0 Å². The van der Waals surface area contributed by atoms with E-state index < -0.39 is 18.8 Å². The smallest absolute Gasteiger partial charge is 0.382 e. The van der Waals surface area contributed by atoms with Gasteiger partial charge in [0.2, 0.25) is 0 Å². The lowest BCUT2D eigenvalue weighted by atomic mass is 10.1. The molecule has 2 atom stereocenters. The Kier molecular flexibility index (Phi) is 4.32. The van der Waals surface area contributed by atoms with Crippen LogP contribution in [0.15, 0.2) is 30.3 Å². The Morgan fingerprint density at radius 1 is 1.25 bits per heavy atom. The maximum Gasteiger partial charge on any atom is 0.415 e. The summed E-state index contributed by atoms with van der Waals surface area (Å²) in [6.07, 6.45) is -6.89. The van der Waals surface area contributed by atoms with Crippen molar-refractivity contribution < 1.29 is 18.3 Å². The summed E-state index contributed by atoms with van der Waals surface area (Å²) >= 11 is 0. The van der Waals surface area contributed by atoms with E-state index in [1.165, 1.54) is 0 Å². The standard InChI is InChI=1S/C11H14F3NO/c1-8(9-5-3-2-4-6-9)15-7-10(16)11(12,13)14/h2-6,8,10,15-16H,7H2,1H3. The maximum absolute atomic E-state index is 12.0. The minimum Gasteiger partial charge on any atom is -0.382 e. The fourth-order valence-electron chi connectivity index (χ4n) is 1.26. The van der Waals surface area contributed by atoms with Gasteiger partial charge in [0.1, 0.15) is 0 Å². The summed E-state index contributed by atoms with van der Waals surface area (Å²) < 4.78 is 36.0. The molecule has 2 nitrogen and oxygen atoms in total. The van der Waals surface area contributed by atoms with Crippen LogP contribution in [0, 0.1) is 0 Å². The van der Waals surface area contributed by atoms with Crippen molar-refractivity contribution in [1.29, 1.82) is 0 Å². The maximum atomic E-state index is 12.0. The molecule has 0 aliphatic heterocycles. The molecule has 90 valence electrons. The van der Waals surface area contributed by atoms with Crippen molar-refractivity contribution in [2.24, 2.45) is 0 Å². The molecule has 0 aliphatic rings. The Morgan fingerprint density at radius 3 is 2.31 bits per heavy atom. The van der Waals surface area contributed by atoms with Gasteiger partial charge in [-0.15, -0.1) is 0 Å². The summed E-state index contributed by atoms with van der Waals surface area (Å²) in [6, 6.07) is 8.87. The average molecular weight is 233 g/mol. The number of nitrogens with one attached hydrogen (secondary N) is 1. The van der Waals surface area contributed by atoms with Gasteiger partial charge in [0.15, 0.2) is 6.10 Å². The lowest BCUT2D eigenvalue weighted by Gasteiger charge is -2.19. The lowest BCUT2D eigenvalue weighted by molar-refractivity contribution is -0.202. The zero-order valence-corrected chi connectivity index (χ0v) is 8.83. The molecule has 16 heavy (non-hydrogen) atoms. The Balaban J connectivity index is 2.45. The molecule has 2 unspecified atom stereocenters. The van der Waals surface area contributed by atoms with E-state index in [1.54, 1.807) is 6.92 Å². The minimum absolute atomic E-state index is 0.224. The van der Waals surface area contributed by atoms with E-state index in [2.05, 4.69) is 5.32 Å². The van der Waals surface area contributed by atoms with Crippen LogP contribution >= 0.6 is 0 Å². The highest BCUT2D eigenvalue weighted by Gasteiger charge is 2.37. The number of hydrogen-bond acceptors (Lipinski definition) is 2. The molecule has 0 saturated carbocycles. The summed E-state index contributed by atoms with van der Waals surface area (Å²) in [5, 5.41) is 11.4. The van der Waals surface area contributed by atoms with Crippen molar-refractivity contribution in [2.75, 3.05) is 6.54 Å². The predicted molar refractivity (Wildman–Crippen MR) is 54.9 cm³/mol. The van der Waals surface area contributed by atoms with Crippen molar-refractivity contribution in [1.82, 2.24) is 5.32 Å². The number of alkyl halides is 3. The molecule has 1 aromatic rings. The molecule has 5 heteroatoms. The Labute approximate surface area is 92.1 Å². The molecule has 0 fully saturated rings. The molecular formula is C11H14F3NO. The molecule has 0 radical (unpaired) electrons. The first-order chi connectivity index (χ1) is 7.41. The van der Waals surface area contributed by atoms with Crippen molar-refractivity contribution >= 4 is 0 Å². The first-order valence-electron chi connectivity index (χ1n) is 4.94. The van der Waals surface area contributed by atoms with E-state index >= 15 is 0 Å². The topological polar surface area (TPSA) is 32.3 Å². The first kappa shape index (κ1) is 13.0. The summed E-state index contributed by atoms with van der Waals surface area (Å²) in [6.45, 7) is 1.25. The number of benzene rings is 1. The fraction of sp³-hybridized carbons (Fsp3) is 0.455. The normalized spacial score (nSPS) is 15.8. The third-order valence-corrected chi connectivity index (χ3v) is 2.29. The Morgan fingerprint density at radius 2 is 1.81 bits per heavy atom. The molecule has 0 amide bonds. The highest BCUT2D eigenvalue weighted by Crippen LogP contribution is 2.20. The molecule has 1 aromatic carbocycles. The van der Waals surface area contributed by atoms with E-state index in [-0.39, 0.29) is 6.04 Å². The van der Waals surface area contributed by atoms with Gasteiger partial charge in [-0.1, -0.05) is 30.3 Å². The van der Waals surface area contributed by atoms with Gasteiger partial charge in [-0.3, -0.25) is 0 Å². The molecule has 0 aromatic heterocycles. The number of halogens is 3. The summed E-state index contributed by atoms with van der Waals surface area (Å²) in [5.74, 6) is 0. The monoisotopic (exact) mass is 233 g/mol. The summed E-state index contributed by atoms with van der Waals surface area (Å²) in [4.78, 5) is 0. The Hall–Kier alpha value is -1.07. The van der Waals surface area contributed by atoms with E-state index in [0.29, 0.717) is 0 Å². The SMILES string of the molecule is CC(NCC(O)C(F)(F)F)c1ccccc1. The fourth-order valence-corrected chi connectivity index (χ4v) is 1.26. The van der Waals surface area contributed by atoms with E-state index in [9.17, 15) is 13.2 Å². The zero-order chi connectivity index (χ0) is 12.2. The molecule has 0 bridgehead atoms. The van der Waals surface area contributed by atoms with Gasteiger partial charge in [0, 0.05) is 12.6 Å². The van der Waals surface area contributed by atoms with Crippen molar-refractivity contribution in [3.8, 4) is 0 Å². The second-order valence-corrected chi connectivity index (χ2v) is 3.60. The average Bonchev–Trinajstić information content (AvgIpc) is 2.25. The quantitative estimate of drug-likeness (QED) is 0.836. The minimum atomic E-state index is -4.57. The highest BCUT2D eigenvalue weighted by molar-refractivity contribution is 5.17. The molecule has 0 saturated heterocycles. The van der Waals surface area contributed by atoms with Crippen LogP contribution in [0.5, 0.6) is 0 Å². The highest BCUT2D eigenvalue weighted by atomic mass is 19.4. The van der Waals surface area contributed by atoms with E-state index in [4.69, 9.17) is 5.11 Å². The van der Waals surface area contributed by atoms with E-state index in [1.807, 2.05) is 30.3 Å². The van der Waals surface area contributed by atoms with Crippen LogP contribution < -0.4 is 5.32 Å². The zero-order valence-electron chi connectivity index (χ0n) is 8.83. The van der Waals surface area contributed by atoms with Crippen LogP contribution in [0.2, 0.25) is 0 Å². The molecular weight excluding hydrogens is 219 g/mol. The van der Waals surface area contributed by atoms with Crippen molar-refractivity contribution in [2.45, 2.75) is 25.2 Å². The van der Waals surface area contributed by atoms with Crippen LogP contribution in [0.1, 0.15) is 18.5 Å². The Bertz CT molecular complexity index is 313. The number of rotatable bonds is 4. The molecule has 1 rings (SSSR count). The number of hydrogen-bond donors (Lipinski definition) is 2. The lowest BCUT2D eigenvalue weighted by Crippen LogP contribution is -2.39. The second kappa shape index (κ2) is 5.32. The van der Waals surface area contributed by atoms with Crippen LogP contribution in [0.3, 0.4) is 0 Å². The molecule has 0 aliphatic carbocycles. The summed E-state index contributed by atoms with van der Waals surface area (Å²) in [5.41, 5.74) is 0.886. The third-order valence-electron chi connectivity index (χ3n) is 2.29. The van der Waals surface area contributed by atoms with Gasteiger partial charge < -0.3 is 10.4 Å². The predicted octanol–water partition coefficient (Wildman–Crippen LogP) is 2.26. The molecule has 2 N–H and O–H groups in total. The van der Waals surface area contributed by atoms with Crippen LogP contribution in [-0.4, -0.2) is 23.9 Å². The largest absolute Gasteiger partial charge is 0.415 e. The van der Waals surface area contributed by atoms with Crippen molar-refractivity contribution in [3.05, 3.63) is 35.9 Å². The van der Waals surface area contributed by atoms with Crippen LogP contribution in [0.25, 0.3) is 0 Å².